The molecule has 0 aliphatic heterocycles. The Morgan fingerprint density at radius 2 is 1.61 bits per heavy atom. The second-order valence-corrected chi connectivity index (χ2v) is 8.14. The number of hydrogen-bond donors (Lipinski definition) is 2. The molecule has 0 saturated carbocycles. The van der Waals surface area contributed by atoms with Gasteiger partial charge in [-0.15, -0.1) is 0 Å². The molecular weight excluding hydrogens is 432 g/mol. The number of nitrogens with zero attached hydrogens (tertiary/aromatic N) is 2. The Hall–Kier alpha value is -3.42. The smallest absolute Gasteiger partial charge is 0.279 e. The van der Waals surface area contributed by atoms with Crippen molar-refractivity contribution in [3.63, 3.8) is 0 Å². The van der Waals surface area contributed by atoms with Crippen molar-refractivity contribution in [1.29, 1.82) is 0 Å². The van der Waals surface area contributed by atoms with Crippen molar-refractivity contribution in [2.45, 2.75) is 18.4 Å². The first-order chi connectivity index (χ1) is 14.6. The number of rotatable bonds is 10. The third kappa shape index (κ3) is 6.04. The Morgan fingerprint density at radius 1 is 1.06 bits per heavy atom. The van der Waals surface area contributed by atoms with Crippen molar-refractivity contribution < 1.29 is 27.8 Å². The van der Waals surface area contributed by atoms with Gasteiger partial charge in [-0.05, 0) is 24.6 Å². The number of sulfonamides is 1. The van der Waals surface area contributed by atoms with Gasteiger partial charge in [-0.25, -0.2) is 13.1 Å². The van der Waals surface area contributed by atoms with E-state index in [9.17, 15) is 33.4 Å². The van der Waals surface area contributed by atoms with Gasteiger partial charge in [-0.1, -0.05) is 12.1 Å². The van der Waals surface area contributed by atoms with Crippen LogP contribution < -0.4 is 10.0 Å². The van der Waals surface area contributed by atoms with E-state index in [4.69, 9.17) is 4.74 Å². The molecule has 0 spiro atoms. The molecule has 0 unspecified atom stereocenters. The van der Waals surface area contributed by atoms with E-state index < -0.39 is 37.2 Å². The number of nitrogens with one attached hydrogen (secondary N) is 2. The number of amides is 1. The van der Waals surface area contributed by atoms with Crippen LogP contribution in [0.15, 0.2) is 41.3 Å². The first kappa shape index (κ1) is 23.9. The maximum Gasteiger partial charge on any atom is 0.279 e. The zero-order chi connectivity index (χ0) is 23.2. The molecule has 0 radical (unpaired) electrons. The number of carbonyl (C=O) groups is 1. The van der Waals surface area contributed by atoms with Crippen LogP contribution in [0, 0.1) is 27.2 Å². The Balaban J connectivity index is 2.13. The third-order valence-electron chi connectivity index (χ3n) is 4.29. The number of carbonyl (C=O) groups excluding carboxylic acids is 1. The van der Waals surface area contributed by atoms with E-state index in [-0.39, 0.29) is 35.7 Å². The first-order valence-electron chi connectivity index (χ1n) is 8.86. The SMILES string of the molecule is COCCNS(=O)(=O)c1ccc(CNC(=O)c2cc([N+](=O)[O-])c(C)c([N+](=O)[O-])c2)cc1. The maximum absolute atomic E-state index is 12.4. The van der Waals surface area contributed by atoms with Gasteiger partial charge in [0.25, 0.3) is 17.3 Å². The summed E-state index contributed by atoms with van der Waals surface area (Å²) < 4.78 is 31.4. The van der Waals surface area contributed by atoms with Gasteiger partial charge in [0.05, 0.1) is 26.9 Å². The molecule has 2 aromatic rings. The summed E-state index contributed by atoms with van der Waals surface area (Å²) in [5, 5.41) is 24.8. The fraction of sp³-hybridized carbons (Fsp3) is 0.278. The van der Waals surface area contributed by atoms with Gasteiger partial charge < -0.3 is 10.1 Å². The fourth-order valence-corrected chi connectivity index (χ4v) is 3.64. The molecule has 2 rings (SSSR count). The van der Waals surface area contributed by atoms with Gasteiger partial charge in [0.15, 0.2) is 0 Å². The highest BCUT2D eigenvalue weighted by Gasteiger charge is 2.25. The fourth-order valence-electron chi connectivity index (χ4n) is 2.63. The van der Waals surface area contributed by atoms with Crippen LogP contribution in [0.5, 0.6) is 0 Å². The molecule has 166 valence electrons. The highest BCUT2D eigenvalue weighted by atomic mass is 32.2. The lowest BCUT2D eigenvalue weighted by Crippen LogP contribution is -2.27. The predicted molar refractivity (Wildman–Crippen MR) is 109 cm³/mol. The van der Waals surface area contributed by atoms with Crippen LogP contribution in [0.25, 0.3) is 0 Å². The molecule has 2 N–H and O–H groups in total. The summed E-state index contributed by atoms with van der Waals surface area (Å²) in [5.74, 6) is -0.746. The zero-order valence-corrected chi connectivity index (χ0v) is 17.5. The molecule has 0 fully saturated rings. The van der Waals surface area contributed by atoms with Gasteiger partial charge in [0.1, 0.15) is 5.56 Å². The normalized spacial score (nSPS) is 11.2. The van der Waals surface area contributed by atoms with Crippen molar-refractivity contribution in [3.05, 3.63) is 73.3 Å². The molecule has 0 heterocycles. The average Bonchev–Trinajstić information content (AvgIpc) is 2.72. The Bertz CT molecular complexity index is 1070. The highest BCUT2D eigenvalue weighted by molar-refractivity contribution is 7.89. The van der Waals surface area contributed by atoms with Gasteiger partial charge in [-0.3, -0.25) is 25.0 Å². The van der Waals surface area contributed by atoms with E-state index in [2.05, 4.69) is 10.0 Å². The average molecular weight is 452 g/mol. The number of nitro groups is 2. The lowest BCUT2D eigenvalue weighted by atomic mass is 10.1. The number of nitro benzene ring substituents is 2. The number of ether oxygens (including phenoxy) is 1. The van der Waals surface area contributed by atoms with Crippen LogP contribution >= 0.6 is 0 Å². The van der Waals surface area contributed by atoms with Crippen molar-refractivity contribution in [3.8, 4) is 0 Å². The van der Waals surface area contributed by atoms with Crippen molar-refractivity contribution >= 4 is 27.3 Å². The van der Waals surface area contributed by atoms with Crippen LogP contribution in [-0.2, 0) is 21.3 Å². The minimum Gasteiger partial charge on any atom is -0.383 e. The van der Waals surface area contributed by atoms with Crippen LogP contribution in [0.3, 0.4) is 0 Å². The van der Waals surface area contributed by atoms with Crippen molar-refractivity contribution in [2.75, 3.05) is 20.3 Å². The molecule has 0 aliphatic rings. The summed E-state index contributed by atoms with van der Waals surface area (Å²) in [6.45, 7) is 1.55. The van der Waals surface area contributed by atoms with E-state index in [0.717, 1.165) is 12.1 Å². The molecule has 13 heteroatoms. The van der Waals surface area contributed by atoms with E-state index in [1.165, 1.54) is 38.3 Å². The third-order valence-corrected chi connectivity index (χ3v) is 5.77. The van der Waals surface area contributed by atoms with E-state index in [1.807, 2.05) is 0 Å². The molecule has 0 saturated heterocycles. The maximum atomic E-state index is 12.4. The standard InChI is InChI=1S/C18H20N4O8S/c1-12-16(21(24)25)9-14(10-17(12)22(26)27)18(23)19-11-13-3-5-15(6-4-13)31(28,29)20-7-8-30-2/h3-6,9-10,20H,7-8,11H2,1-2H3,(H,19,23). The van der Waals surface area contributed by atoms with E-state index in [1.54, 1.807) is 0 Å². The number of benzene rings is 2. The van der Waals surface area contributed by atoms with E-state index >= 15 is 0 Å². The minimum atomic E-state index is -3.70. The van der Waals surface area contributed by atoms with Gasteiger partial charge >= 0.3 is 0 Å². The van der Waals surface area contributed by atoms with Crippen LogP contribution in [0.4, 0.5) is 11.4 Å². The molecule has 0 bridgehead atoms. The van der Waals surface area contributed by atoms with Crippen LogP contribution in [0.2, 0.25) is 0 Å². The monoisotopic (exact) mass is 452 g/mol. The summed E-state index contributed by atoms with van der Waals surface area (Å²) in [4.78, 5) is 33.1. The zero-order valence-electron chi connectivity index (χ0n) is 16.7. The van der Waals surface area contributed by atoms with Gasteiger partial charge in [0, 0.05) is 32.3 Å². The first-order valence-corrected chi connectivity index (χ1v) is 10.3. The molecule has 12 nitrogen and oxygen atoms in total. The lowest BCUT2D eigenvalue weighted by Gasteiger charge is -2.09. The molecule has 0 aromatic heterocycles. The summed E-state index contributed by atoms with van der Waals surface area (Å²) in [6, 6.07) is 7.64. The second kappa shape index (κ2) is 10.1. The molecule has 31 heavy (non-hydrogen) atoms. The number of hydrogen-bond acceptors (Lipinski definition) is 8. The highest BCUT2D eigenvalue weighted by Crippen LogP contribution is 2.29. The number of methoxy groups -OCH3 is 1. The Kier molecular flexibility index (Phi) is 7.74. The van der Waals surface area contributed by atoms with Crippen molar-refractivity contribution in [1.82, 2.24) is 10.0 Å². The molecule has 0 atom stereocenters. The quantitative estimate of drug-likeness (QED) is 0.311. The lowest BCUT2D eigenvalue weighted by molar-refractivity contribution is -0.395. The second-order valence-electron chi connectivity index (χ2n) is 6.37. The van der Waals surface area contributed by atoms with Crippen molar-refractivity contribution in [2.24, 2.45) is 0 Å². The van der Waals surface area contributed by atoms with E-state index in [0.29, 0.717) is 5.56 Å². The van der Waals surface area contributed by atoms with Crippen LogP contribution in [0.1, 0.15) is 21.5 Å². The Morgan fingerprint density at radius 3 is 2.10 bits per heavy atom. The topological polar surface area (TPSA) is 171 Å². The summed E-state index contributed by atoms with van der Waals surface area (Å²) in [7, 11) is -2.25. The van der Waals surface area contributed by atoms with Gasteiger partial charge in [0.2, 0.25) is 10.0 Å². The largest absolute Gasteiger partial charge is 0.383 e. The van der Waals surface area contributed by atoms with Crippen LogP contribution in [-0.4, -0.2) is 44.4 Å². The molecular formula is C18H20N4O8S. The molecule has 0 aliphatic carbocycles. The summed E-state index contributed by atoms with van der Waals surface area (Å²) in [6.07, 6.45) is 0. The Labute approximate surface area is 177 Å². The predicted octanol–water partition coefficient (Wildman–Crippen LogP) is 1.67. The summed E-state index contributed by atoms with van der Waals surface area (Å²) in [5.41, 5.74) is -0.891. The molecule has 2 aromatic carbocycles. The minimum absolute atomic E-state index is 0.0221. The summed E-state index contributed by atoms with van der Waals surface area (Å²) >= 11 is 0. The molecule has 1 amide bonds. The van der Waals surface area contributed by atoms with Gasteiger partial charge in [-0.2, -0.15) is 0 Å².